The van der Waals surface area contributed by atoms with Crippen LogP contribution in [0.4, 0.5) is 0 Å². The number of halogens is 2. The van der Waals surface area contributed by atoms with E-state index in [0.717, 1.165) is 12.8 Å². The Morgan fingerprint density at radius 3 is 2.43 bits per heavy atom. The summed E-state index contributed by atoms with van der Waals surface area (Å²) in [6.45, 7) is 4.98. The molecule has 4 heteroatoms. The summed E-state index contributed by atoms with van der Waals surface area (Å²) in [5.74, 6) is 0.259. The summed E-state index contributed by atoms with van der Waals surface area (Å²) in [7, 11) is 0. The van der Waals surface area contributed by atoms with Crippen LogP contribution in [0.2, 0.25) is 0 Å². The third-order valence-corrected chi connectivity index (χ3v) is 2.70. The van der Waals surface area contributed by atoms with Crippen molar-refractivity contribution in [3.05, 3.63) is 0 Å². The van der Waals surface area contributed by atoms with Gasteiger partial charge in [-0.2, -0.15) is 0 Å². The van der Waals surface area contributed by atoms with Crippen LogP contribution in [-0.2, 0) is 4.79 Å². The molecule has 0 fully saturated rings. The molecule has 0 radical (unpaired) electrons. The molecule has 1 atom stereocenters. The van der Waals surface area contributed by atoms with E-state index in [-0.39, 0.29) is 5.91 Å². The minimum atomic E-state index is -0.946. The van der Waals surface area contributed by atoms with Crippen LogP contribution in [-0.4, -0.2) is 17.3 Å². The van der Waals surface area contributed by atoms with E-state index in [0.29, 0.717) is 12.5 Å². The number of alkyl halides is 2. The molecular weight excluding hydrogens is 221 g/mol. The summed E-state index contributed by atoms with van der Waals surface area (Å²) in [5.41, 5.74) is 0. The number of rotatable bonds is 7. The molecule has 0 aliphatic rings. The molecule has 2 nitrogen and oxygen atoms in total. The van der Waals surface area contributed by atoms with Crippen LogP contribution in [0.15, 0.2) is 0 Å². The molecule has 0 spiro atoms. The predicted molar refractivity (Wildman–Crippen MR) is 61.8 cm³/mol. The van der Waals surface area contributed by atoms with Gasteiger partial charge in [-0.25, -0.2) is 0 Å². The Labute approximate surface area is 96.3 Å². The summed E-state index contributed by atoms with van der Waals surface area (Å²) in [4.78, 5) is 10.1. The van der Waals surface area contributed by atoms with Crippen LogP contribution in [0.1, 0.15) is 39.5 Å². The van der Waals surface area contributed by atoms with E-state index in [4.69, 9.17) is 23.2 Å². The molecule has 14 heavy (non-hydrogen) atoms. The molecule has 0 bridgehead atoms. The van der Waals surface area contributed by atoms with E-state index in [1.807, 2.05) is 0 Å². The lowest BCUT2D eigenvalue weighted by atomic mass is 9.99. The Balaban J connectivity index is 3.66. The number of nitrogens with one attached hydrogen (secondary N) is 1. The van der Waals surface area contributed by atoms with Crippen LogP contribution >= 0.6 is 23.2 Å². The highest BCUT2D eigenvalue weighted by atomic mass is 35.5. The molecular formula is C10H19Cl2NO. The zero-order chi connectivity index (χ0) is 11.0. The highest BCUT2D eigenvalue weighted by Gasteiger charge is 2.13. The molecule has 0 aromatic heterocycles. The van der Waals surface area contributed by atoms with Gasteiger partial charge < -0.3 is 5.32 Å². The SMILES string of the molecule is CCCC[C@H](CC)CNC(=O)C(Cl)Cl. The molecule has 0 saturated heterocycles. The smallest absolute Gasteiger partial charge is 0.253 e. The molecule has 0 aromatic rings. The number of carbonyl (C=O) groups is 1. The van der Waals surface area contributed by atoms with Crippen LogP contribution in [0, 0.1) is 5.92 Å². The maximum atomic E-state index is 11.1. The van der Waals surface area contributed by atoms with E-state index in [1.54, 1.807) is 0 Å². The Bertz CT molecular complexity index is 162. The van der Waals surface area contributed by atoms with E-state index >= 15 is 0 Å². The Morgan fingerprint density at radius 2 is 2.00 bits per heavy atom. The summed E-state index contributed by atoms with van der Waals surface area (Å²) in [5, 5.41) is 2.74. The lowest BCUT2D eigenvalue weighted by molar-refractivity contribution is -0.119. The average molecular weight is 240 g/mol. The van der Waals surface area contributed by atoms with Gasteiger partial charge in [0.1, 0.15) is 0 Å². The maximum Gasteiger partial charge on any atom is 0.253 e. The fourth-order valence-corrected chi connectivity index (χ4v) is 1.42. The summed E-state index contributed by atoms with van der Waals surface area (Å²) in [6, 6.07) is 0. The van der Waals surface area contributed by atoms with Crippen molar-refractivity contribution >= 4 is 29.1 Å². The van der Waals surface area contributed by atoms with Crippen molar-refractivity contribution in [1.82, 2.24) is 5.32 Å². The maximum absolute atomic E-state index is 11.1. The van der Waals surface area contributed by atoms with Gasteiger partial charge in [0.25, 0.3) is 5.91 Å². The van der Waals surface area contributed by atoms with E-state index in [1.165, 1.54) is 12.8 Å². The number of amides is 1. The van der Waals surface area contributed by atoms with Crippen LogP contribution < -0.4 is 5.32 Å². The second-order valence-corrected chi connectivity index (χ2v) is 4.56. The third-order valence-electron chi connectivity index (χ3n) is 2.31. The van der Waals surface area contributed by atoms with Gasteiger partial charge in [-0.3, -0.25) is 4.79 Å². The zero-order valence-electron chi connectivity index (χ0n) is 8.85. The van der Waals surface area contributed by atoms with Gasteiger partial charge in [0, 0.05) is 6.54 Å². The first kappa shape index (κ1) is 14.1. The van der Waals surface area contributed by atoms with E-state index in [2.05, 4.69) is 19.2 Å². The van der Waals surface area contributed by atoms with Crippen LogP contribution in [0.5, 0.6) is 0 Å². The minimum Gasteiger partial charge on any atom is -0.353 e. The molecule has 0 aromatic carbocycles. The van der Waals surface area contributed by atoms with Gasteiger partial charge in [0.05, 0.1) is 0 Å². The fourth-order valence-electron chi connectivity index (χ4n) is 1.27. The molecule has 0 aliphatic heterocycles. The van der Waals surface area contributed by atoms with Crippen molar-refractivity contribution in [2.75, 3.05) is 6.54 Å². The molecule has 0 rings (SSSR count). The highest BCUT2D eigenvalue weighted by molar-refractivity contribution is 6.53. The Hall–Kier alpha value is 0.0500. The largest absolute Gasteiger partial charge is 0.353 e. The van der Waals surface area contributed by atoms with Gasteiger partial charge in [0.15, 0.2) is 4.84 Å². The monoisotopic (exact) mass is 239 g/mol. The first-order chi connectivity index (χ1) is 6.61. The van der Waals surface area contributed by atoms with E-state index < -0.39 is 4.84 Å². The summed E-state index contributed by atoms with van der Waals surface area (Å²) < 4.78 is 0. The van der Waals surface area contributed by atoms with Gasteiger partial charge in [0.2, 0.25) is 0 Å². The van der Waals surface area contributed by atoms with Gasteiger partial charge in [-0.05, 0) is 12.3 Å². The van der Waals surface area contributed by atoms with Gasteiger partial charge >= 0.3 is 0 Å². The lowest BCUT2D eigenvalue weighted by Crippen LogP contribution is -2.32. The molecule has 1 amide bonds. The van der Waals surface area contributed by atoms with Crippen molar-refractivity contribution < 1.29 is 4.79 Å². The van der Waals surface area contributed by atoms with Crippen molar-refractivity contribution in [2.45, 2.75) is 44.4 Å². The fraction of sp³-hybridized carbons (Fsp3) is 0.900. The van der Waals surface area contributed by atoms with Crippen molar-refractivity contribution in [3.63, 3.8) is 0 Å². The van der Waals surface area contributed by atoms with Gasteiger partial charge in [-0.1, -0.05) is 56.3 Å². The predicted octanol–water partition coefficient (Wildman–Crippen LogP) is 3.12. The summed E-state index contributed by atoms with van der Waals surface area (Å²) in [6.07, 6.45) is 4.63. The van der Waals surface area contributed by atoms with Crippen LogP contribution in [0.3, 0.4) is 0 Å². The standard InChI is InChI=1S/C10H19Cl2NO/c1-3-5-6-8(4-2)7-13-10(14)9(11)12/h8-9H,3-7H2,1-2H3,(H,13,14)/t8-/m0/s1. The topological polar surface area (TPSA) is 29.1 Å². The number of unbranched alkanes of at least 4 members (excludes halogenated alkanes) is 1. The second kappa shape index (κ2) is 8.37. The highest BCUT2D eigenvalue weighted by Crippen LogP contribution is 2.11. The quantitative estimate of drug-likeness (QED) is 0.680. The molecule has 0 aliphatic carbocycles. The van der Waals surface area contributed by atoms with Crippen molar-refractivity contribution in [2.24, 2.45) is 5.92 Å². The molecule has 0 unspecified atom stereocenters. The Morgan fingerprint density at radius 1 is 1.36 bits per heavy atom. The van der Waals surface area contributed by atoms with Crippen LogP contribution in [0.25, 0.3) is 0 Å². The first-order valence-corrected chi connectivity index (χ1v) is 6.04. The van der Waals surface area contributed by atoms with Gasteiger partial charge in [-0.15, -0.1) is 0 Å². The lowest BCUT2D eigenvalue weighted by Gasteiger charge is -2.15. The molecule has 0 heterocycles. The zero-order valence-corrected chi connectivity index (χ0v) is 10.4. The van der Waals surface area contributed by atoms with E-state index in [9.17, 15) is 4.79 Å². The minimum absolute atomic E-state index is 0.289. The normalized spacial score (nSPS) is 12.9. The summed E-state index contributed by atoms with van der Waals surface area (Å²) >= 11 is 10.8. The third kappa shape index (κ3) is 6.50. The number of carbonyl (C=O) groups excluding carboxylic acids is 1. The average Bonchev–Trinajstić information content (AvgIpc) is 2.17. The number of hydrogen-bond donors (Lipinski definition) is 1. The molecule has 0 saturated carbocycles. The van der Waals surface area contributed by atoms with Crippen molar-refractivity contribution in [1.29, 1.82) is 0 Å². The Kier molecular flexibility index (Phi) is 8.40. The first-order valence-electron chi connectivity index (χ1n) is 5.17. The molecule has 1 N–H and O–H groups in total. The van der Waals surface area contributed by atoms with Crippen molar-refractivity contribution in [3.8, 4) is 0 Å². The number of hydrogen-bond acceptors (Lipinski definition) is 1. The second-order valence-electron chi connectivity index (χ2n) is 3.46. The molecule has 84 valence electrons.